The van der Waals surface area contributed by atoms with Crippen molar-refractivity contribution in [2.75, 3.05) is 11.5 Å². The first-order valence-corrected chi connectivity index (χ1v) is 12.9. The molecule has 0 aromatic carbocycles. The van der Waals surface area contributed by atoms with Crippen LogP contribution in [0.15, 0.2) is 64.9 Å². The zero-order valence-corrected chi connectivity index (χ0v) is 21.9. The van der Waals surface area contributed by atoms with Gasteiger partial charge in [-0.15, -0.1) is 23.1 Å². The molecule has 5 rings (SSSR count). The average molecular weight is 577 g/mol. The minimum Gasteiger partial charge on any atom is -1.00 e. The van der Waals surface area contributed by atoms with Crippen molar-refractivity contribution in [2.24, 2.45) is 5.16 Å². The van der Waals surface area contributed by atoms with E-state index < -0.39 is 29.2 Å². The number of aromatic amines is 1. The summed E-state index contributed by atoms with van der Waals surface area (Å²) in [6, 6.07) is 4.61. The van der Waals surface area contributed by atoms with Gasteiger partial charge in [0.15, 0.2) is 36.4 Å². The normalized spacial score (nSPS) is 18.8. The maximum Gasteiger partial charge on any atom is 0.352 e. The fraction of sp³-hybridized carbons (Fsp3) is 0.227. The summed E-state index contributed by atoms with van der Waals surface area (Å²) in [6.07, 6.45) is 6.68. The highest BCUT2D eigenvalue weighted by Crippen LogP contribution is 2.40. The van der Waals surface area contributed by atoms with Crippen molar-refractivity contribution in [1.29, 1.82) is 0 Å². The smallest absolute Gasteiger partial charge is 0.352 e. The second-order valence-electron chi connectivity index (χ2n) is 8.03. The molecule has 2 amide bonds. The Labute approximate surface area is 230 Å². The van der Waals surface area contributed by atoms with E-state index in [-0.39, 0.29) is 41.2 Å². The number of oxime groups is 1. The van der Waals surface area contributed by atoms with Crippen molar-refractivity contribution in [3.05, 3.63) is 71.2 Å². The number of nitrogens with two attached hydrogens (primary N) is 1. The van der Waals surface area contributed by atoms with Crippen LogP contribution in [0.2, 0.25) is 0 Å². The summed E-state index contributed by atoms with van der Waals surface area (Å²) >= 11 is 2.51. The van der Waals surface area contributed by atoms with E-state index in [1.807, 2.05) is 35.2 Å². The van der Waals surface area contributed by atoms with Crippen LogP contribution in [0.25, 0.3) is 0 Å². The molecule has 2 atom stereocenters. The molecule has 1 saturated heterocycles. The highest BCUT2D eigenvalue weighted by molar-refractivity contribution is 8.00. The highest BCUT2D eigenvalue weighted by atomic mass is 35.5. The minimum absolute atomic E-state index is 0. The molecule has 2 aliphatic heterocycles. The number of rotatable bonds is 9. The molecular weight excluding hydrogens is 556 g/mol. The molecule has 3 aromatic heterocycles. The van der Waals surface area contributed by atoms with Crippen LogP contribution in [0.1, 0.15) is 11.4 Å². The third-order valence-electron chi connectivity index (χ3n) is 5.60. The van der Waals surface area contributed by atoms with Gasteiger partial charge in [0, 0.05) is 28.8 Å². The number of carbonyl (C=O) groups excluding carboxylic acids is 2. The number of aromatic nitrogens is 4. The minimum atomic E-state index is -1.19. The van der Waals surface area contributed by atoms with Crippen LogP contribution in [0.5, 0.6) is 0 Å². The van der Waals surface area contributed by atoms with E-state index in [0.717, 1.165) is 11.3 Å². The van der Waals surface area contributed by atoms with Crippen molar-refractivity contribution in [1.82, 2.24) is 25.2 Å². The maximum atomic E-state index is 13.2. The zero-order chi connectivity index (χ0) is 25.9. The molecule has 13 nitrogen and oxygen atoms in total. The largest absolute Gasteiger partial charge is 1.00 e. The van der Waals surface area contributed by atoms with Gasteiger partial charge in [-0.3, -0.25) is 14.5 Å². The molecule has 0 saturated carbocycles. The molecule has 0 spiro atoms. The number of fused-ring (bicyclic) bond motifs is 1. The number of nitrogens with zero attached hydrogens (tertiary/aromatic N) is 5. The second kappa shape index (κ2) is 11.6. The summed E-state index contributed by atoms with van der Waals surface area (Å²) in [5, 5.41) is 17.7. The van der Waals surface area contributed by atoms with Crippen LogP contribution in [-0.2, 0) is 32.4 Å². The number of halogens is 1. The Morgan fingerprint density at radius 2 is 2.13 bits per heavy atom. The predicted octanol–water partition coefficient (Wildman–Crippen LogP) is -2.90. The van der Waals surface area contributed by atoms with Gasteiger partial charge < -0.3 is 38.4 Å². The van der Waals surface area contributed by atoms with Crippen LogP contribution < -0.4 is 28.0 Å². The number of carboxylic acids is 1. The van der Waals surface area contributed by atoms with Crippen LogP contribution in [-0.4, -0.2) is 65.6 Å². The molecule has 16 heteroatoms. The predicted molar refractivity (Wildman–Crippen MR) is 133 cm³/mol. The van der Waals surface area contributed by atoms with Gasteiger partial charge in [-0.2, -0.15) is 0 Å². The number of aliphatic carboxylic acids is 1. The molecule has 0 unspecified atom stereocenters. The summed E-state index contributed by atoms with van der Waals surface area (Å²) < 4.78 is 1.84. The number of hydrogen-bond acceptors (Lipinski definition) is 10. The zero-order valence-electron chi connectivity index (χ0n) is 19.5. The number of anilines is 1. The van der Waals surface area contributed by atoms with Gasteiger partial charge in [0.1, 0.15) is 22.8 Å². The monoisotopic (exact) mass is 576 g/mol. The van der Waals surface area contributed by atoms with Crippen LogP contribution in [0.4, 0.5) is 5.13 Å². The summed E-state index contributed by atoms with van der Waals surface area (Å²) in [5.41, 5.74) is 6.95. The van der Waals surface area contributed by atoms with Gasteiger partial charge in [-0.05, 0) is 0 Å². The van der Waals surface area contributed by atoms with Crippen LogP contribution in [0, 0.1) is 0 Å². The maximum absolute atomic E-state index is 13.2. The number of nitrogens with one attached hydrogen (secondary N) is 2. The van der Waals surface area contributed by atoms with Crippen molar-refractivity contribution in [3.8, 4) is 0 Å². The van der Waals surface area contributed by atoms with Gasteiger partial charge in [-0.25, -0.2) is 19.3 Å². The van der Waals surface area contributed by atoms with Crippen molar-refractivity contribution in [2.45, 2.75) is 24.6 Å². The van der Waals surface area contributed by atoms with Crippen LogP contribution in [0.3, 0.4) is 0 Å². The quantitative estimate of drug-likeness (QED) is 0.0899. The van der Waals surface area contributed by atoms with Gasteiger partial charge in [0.25, 0.3) is 11.8 Å². The van der Waals surface area contributed by atoms with Crippen molar-refractivity contribution in [3.63, 3.8) is 0 Å². The third kappa shape index (κ3) is 5.49. The Hall–Kier alpha value is -3.95. The van der Waals surface area contributed by atoms with E-state index in [0.29, 0.717) is 23.6 Å². The summed E-state index contributed by atoms with van der Waals surface area (Å²) in [7, 11) is 0. The first-order valence-electron chi connectivity index (χ1n) is 11.0. The van der Waals surface area contributed by atoms with Gasteiger partial charge in [0.2, 0.25) is 0 Å². The number of β-lactam (4-membered cyclic amide) rings is 1. The molecule has 198 valence electrons. The first-order chi connectivity index (χ1) is 17.9. The topological polar surface area (TPSA) is 180 Å². The summed E-state index contributed by atoms with van der Waals surface area (Å²) in [5.74, 6) is -2.02. The number of pyridine rings is 1. The van der Waals surface area contributed by atoms with Crippen molar-refractivity contribution >= 4 is 51.7 Å². The summed E-state index contributed by atoms with van der Waals surface area (Å²) in [4.78, 5) is 55.7. The number of carbonyl (C=O) groups is 3. The third-order valence-corrected chi connectivity index (χ3v) is 7.61. The van der Waals surface area contributed by atoms with Gasteiger partial charge >= 0.3 is 5.97 Å². The van der Waals surface area contributed by atoms with E-state index in [2.05, 4.69) is 25.4 Å². The Balaban J connectivity index is 0.00000336. The van der Waals surface area contributed by atoms with Gasteiger partial charge in [-0.1, -0.05) is 11.2 Å². The molecule has 1 fully saturated rings. The molecule has 0 radical (unpaired) electrons. The second-order valence-corrected chi connectivity index (χ2v) is 10.0. The van der Waals surface area contributed by atoms with E-state index >= 15 is 0 Å². The first kappa shape index (κ1) is 27.1. The number of thiazole rings is 1. The van der Waals surface area contributed by atoms with E-state index in [9.17, 15) is 19.5 Å². The molecular formula is C22H21ClN8O5S2. The number of hydrogen-bond donors (Lipinski definition) is 4. The average Bonchev–Trinajstić information content (AvgIpc) is 3.57. The molecule has 0 bridgehead atoms. The Morgan fingerprint density at radius 3 is 2.79 bits per heavy atom. The fourth-order valence-electron chi connectivity index (χ4n) is 3.91. The molecule has 2 aliphatic rings. The van der Waals surface area contributed by atoms with E-state index in [1.54, 1.807) is 11.6 Å². The number of carboxylic acid groups (broad SMARTS) is 1. The fourth-order valence-corrected chi connectivity index (χ4v) is 5.79. The SMILES string of the molecule is Nc1nc(/C(=N/OCc2cnc[nH]2)C(=O)N[C@@H]2C(=O)N3C(C(=O)O)=C(C[n+]4ccccc4)CS[C@H]23)cs1.[Cl-]. The van der Waals surface area contributed by atoms with Gasteiger partial charge in [0.05, 0.1) is 18.2 Å². The lowest BCUT2D eigenvalue weighted by atomic mass is 10.0. The number of imidazole rings is 1. The van der Waals surface area contributed by atoms with Crippen molar-refractivity contribution < 1.29 is 41.3 Å². The summed E-state index contributed by atoms with van der Waals surface area (Å²) in [6.45, 7) is 0.360. The number of H-pyrrole nitrogens is 1. The lowest BCUT2D eigenvalue weighted by Crippen LogP contribution is -3.00. The number of nitrogen functional groups attached to an aromatic ring is 1. The Kier molecular flexibility index (Phi) is 8.29. The molecule has 5 heterocycles. The highest BCUT2D eigenvalue weighted by Gasteiger charge is 2.54. The Bertz CT molecular complexity index is 1400. The number of amides is 2. The molecule has 0 aliphatic carbocycles. The molecule has 38 heavy (non-hydrogen) atoms. The lowest BCUT2D eigenvalue weighted by Gasteiger charge is -2.49. The van der Waals surface area contributed by atoms with E-state index in [1.165, 1.54) is 23.0 Å². The number of thioether (sulfide) groups is 1. The molecule has 5 N–H and O–H groups in total. The van der Waals surface area contributed by atoms with Crippen LogP contribution >= 0.6 is 23.1 Å². The Morgan fingerprint density at radius 1 is 1.34 bits per heavy atom. The standard InChI is InChI=1S/C22H20N8O5S2.ClH/c23-22-26-14(10-37-22)15(28-35-8-13-6-24-11-25-13)18(31)27-16-19(32)30-17(21(33)34)12(9-36-20(16)30)7-29-4-2-1-3-5-29;/h1-6,10-11,16,20H,7-9H2,(H4-,23,24,25,26,27,31,33,34);1H/b28-15-;/t16-,20-;/m1./s1. The molecule has 3 aromatic rings. The lowest BCUT2D eigenvalue weighted by molar-refractivity contribution is -0.689. The van der Waals surface area contributed by atoms with E-state index in [4.69, 9.17) is 10.6 Å².